The summed E-state index contributed by atoms with van der Waals surface area (Å²) in [5.74, 6) is -0.791. The van der Waals surface area contributed by atoms with Gasteiger partial charge < -0.3 is 15.8 Å². The van der Waals surface area contributed by atoms with Crippen molar-refractivity contribution in [1.82, 2.24) is 9.97 Å². The Morgan fingerprint density at radius 3 is 2.23 bits per heavy atom. The zero-order valence-corrected chi connectivity index (χ0v) is 21.7. The lowest BCUT2D eigenvalue weighted by Crippen LogP contribution is -2.41. The van der Waals surface area contributed by atoms with Crippen LogP contribution >= 0.6 is 0 Å². The summed E-state index contributed by atoms with van der Waals surface area (Å²) in [6, 6.07) is 20.0. The molecule has 1 saturated carbocycles. The number of ether oxygens (including phenoxy) is 1. The molecule has 0 spiro atoms. The number of anilines is 5. The van der Waals surface area contributed by atoms with Crippen LogP contribution in [0.2, 0.25) is 0 Å². The number of carbonyl (C=O) groups is 2. The Labute approximate surface area is 229 Å². The van der Waals surface area contributed by atoms with Gasteiger partial charge in [-0.1, -0.05) is 6.07 Å². The second-order valence-corrected chi connectivity index (χ2v) is 9.69. The molecule has 0 radical (unpaired) electrons. The van der Waals surface area contributed by atoms with Crippen molar-refractivity contribution >= 4 is 51.4 Å². The molecule has 0 bridgehead atoms. The minimum absolute atomic E-state index is 0.215. The molecule has 40 heavy (non-hydrogen) atoms. The molecule has 1 aliphatic carbocycles. The van der Waals surface area contributed by atoms with E-state index in [0.29, 0.717) is 41.3 Å². The number of thiol groups is 1. The number of primary amides is 1. The molecule has 0 saturated heterocycles. The largest absolute Gasteiger partial charge is 0.439 e. The average molecular weight is 563 g/mol. The van der Waals surface area contributed by atoms with Crippen LogP contribution in [0.15, 0.2) is 85.1 Å². The Morgan fingerprint density at radius 1 is 0.950 bits per heavy atom. The number of hydrogen-bond donors (Lipinski definition) is 4. The van der Waals surface area contributed by atoms with Gasteiger partial charge in [-0.2, -0.15) is 4.98 Å². The zero-order chi connectivity index (χ0) is 28.3. The number of nitrogens with two attached hydrogens (primary N) is 1. The van der Waals surface area contributed by atoms with Crippen molar-refractivity contribution in [3.05, 3.63) is 90.9 Å². The molecule has 0 atom stereocenters. The maximum Gasteiger partial charge on any atom is 0.247 e. The van der Waals surface area contributed by atoms with Crippen LogP contribution in [0.3, 0.4) is 0 Å². The fraction of sp³-hybridized carbons (Fsp3) is 0.111. The first-order valence-corrected chi connectivity index (χ1v) is 13.2. The van der Waals surface area contributed by atoms with E-state index in [9.17, 15) is 22.4 Å². The van der Waals surface area contributed by atoms with Crippen LogP contribution in [0, 0.1) is 11.2 Å². The Morgan fingerprint density at radius 2 is 1.60 bits per heavy atom. The molecule has 11 nitrogen and oxygen atoms in total. The molecule has 1 heterocycles. The van der Waals surface area contributed by atoms with Crippen LogP contribution in [-0.4, -0.2) is 30.2 Å². The number of benzene rings is 3. The lowest BCUT2D eigenvalue weighted by atomic mass is 10.0. The van der Waals surface area contributed by atoms with E-state index in [1.54, 1.807) is 54.6 Å². The minimum Gasteiger partial charge on any atom is -0.439 e. The topological polar surface area (TPSA) is 157 Å². The van der Waals surface area contributed by atoms with Gasteiger partial charge >= 0.3 is 0 Å². The molecule has 1 aliphatic rings. The van der Waals surface area contributed by atoms with Gasteiger partial charge in [0.1, 0.15) is 17.0 Å². The molecule has 0 aliphatic heterocycles. The third-order valence-corrected chi connectivity index (χ3v) is 6.65. The van der Waals surface area contributed by atoms with Gasteiger partial charge in [-0.15, -0.1) is 0 Å². The molecule has 2 amide bonds. The molecule has 204 valence electrons. The lowest BCUT2D eigenvalue weighted by molar-refractivity contribution is -0.133. The van der Waals surface area contributed by atoms with Crippen molar-refractivity contribution in [2.45, 2.75) is 12.8 Å². The quantitative estimate of drug-likeness (QED) is 0.167. The van der Waals surface area contributed by atoms with E-state index >= 15 is 0 Å². The van der Waals surface area contributed by atoms with E-state index in [1.165, 1.54) is 35.4 Å². The Bertz CT molecular complexity index is 1630. The molecule has 5 rings (SSSR count). The third kappa shape index (κ3) is 5.83. The van der Waals surface area contributed by atoms with Crippen LogP contribution < -0.4 is 25.4 Å². The van der Waals surface area contributed by atoms with Gasteiger partial charge in [0.25, 0.3) is 0 Å². The van der Waals surface area contributed by atoms with Crippen molar-refractivity contribution in [3.8, 4) is 11.6 Å². The van der Waals surface area contributed by atoms with Gasteiger partial charge in [0.2, 0.25) is 34.5 Å². The van der Waals surface area contributed by atoms with E-state index in [4.69, 9.17) is 10.5 Å². The van der Waals surface area contributed by atoms with E-state index in [2.05, 4.69) is 20.0 Å². The molecule has 0 unspecified atom stereocenters. The summed E-state index contributed by atoms with van der Waals surface area (Å²) < 4.78 is 43.6. The van der Waals surface area contributed by atoms with Crippen molar-refractivity contribution < 1.29 is 27.1 Å². The fourth-order valence-corrected chi connectivity index (χ4v) is 4.37. The number of carbonyl (C=O) groups excluding carboxylic acids is 2. The number of halogens is 1. The van der Waals surface area contributed by atoms with Gasteiger partial charge in [-0.3, -0.25) is 19.2 Å². The maximum absolute atomic E-state index is 13.6. The number of aromatic nitrogens is 2. The molecule has 4 N–H and O–H groups in total. The van der Waals surface area contributed by atoms with Crippen LogP contribution in [0.1, 0.15) is 12.8 Å². The average Bonchev–Trinajstić information content (AvgIpc) is 3.74. The molecule has 13 heteroatoms. The van der Waals surface area contributed by atoms with Crippen molar-refractivity contribution in [1.29, 1.82) is 0 Å². The number of nitrogens with one attached hydrogen (secondary N) is 2. The SMILES string of the molecule is NC(=O)C1(C(=O)N(c2ccc(F)cc2)c2ccc(Oc3ccnc(Nc4cccc(N[SH](=O)=O)c4)n3)cc2)CC1. The predicted octanol–water partition coefficient (Wildman–Crippen LogP) is 4.02. The minimum atomic E-state index is -2.80. The Kier molecular flexibility index (Phi) is 7.29. The van der Waals surface area contributed by atoms with E-state index in [1.807, 2.05) is 0 Å². The van der Waals surface area contributed by atoms with Crippen molar-refractivity contribution in [2.75, 3.05) is 14.9 Å². The number of nitrogens with zero attached hydrogens (tertiary/aromatic N) is 3. The van der Waals surface area contributed by atoms with Gasteiger partial charge in [0, 0.05) is 29.3 Å². The fourth-order valence-electron chi connectivity index (χ4n) is 4.02. The lowest BCUT2D eigenvalue weighted by Gasteiger charge is -2.26. The summed E-state index contributed by atoms with van der Waals surface area (Å²) in [5, 5.41) is 2.98. The third-order valence-electron chi connectivity index (χ3n) is 6.21. The van der Waals surface area contributed by atoms with Crippen LogP contribution in [0.5, 0.6) is 11.6 Å². The van der Waals surface area contributed by atoms with Gasteiger partial charge in [0.15, 0.2) is 0 Å². The highest BCUT2D eigenvalue weighted by molar-refractivity contribution is 7.73. The standard InChI is InChI=1S/C27H23FN6O5S/c28-17-4-6-20(7-5-17)34(25(36)27(13-14-27)24(29)35)21-8-10-22(11-9-21)39-23-12-15-30-26(32-23)31-18-2-1-3-19(16-18)33-40(37)38/h1-12,15-16,40H,13-14H2,(H2,29,35)(H,30,31,32)(H,33,37,38). The summed E-state index contributed by atoms with van der Waals surface area (Å²) >= 11 is 0. The van der Waals surface area contributed by atoms with Crippen LogP contribution in [0.25, 0.3) is 0 Å². The van der Waals surface area contributed by atoms with Crippen LogP contribution in [-0.2, 0) is 20.5 Å². The van der Waals surface area contributed by atoms with E-state index in [0.717, 1.165) is 0 Å². The predicted molar refractivity (Wildman–Crippen MR) is 147 cm³/mol. The first-order valence-electron chi connectivity index (χ1n) is 12.0. The van der Waals surface area contributed by atoms with Gasteiger partial charge in [-0.05, 0) is 79.6 Å². The highest BCUT2D eigenvalue weighted by Crippen LogP contribution is 2.49. The molecule has 1 fully saturated rings. The highest BCUT2D eigenvalue weighted by atomic mass is 32.2. The maximum atomic E-state index is 13.6. The van der Waals surface area contributed by atoms with E-state index < -0.39 is 33.9 Å². The number of amides is 2. The summed E-state index contributed by atoms with van der Waals surface area (Å²) in [5.41, 5.74) is 6.02. The molecule has 1 aromatic heterocycles. The smallest absolute Gasteiger partial charge is 0.247 e. The second kappa shape index (κ2) is 11.0. The number of rotatable bonds is 10. The molecular weight excluding hydrogens is 539 g/mol. The molecular formula is C27H23FN6O5S. The first kappa shape index (κ1) is 26.6. The summed E-state index contributed by atoms with van der Waals surface area (Å²) in [6.45, 7) is 0. The number of hydrogen-bond acceptors (Lipinski definition) is 8. The van der Waals surface area contributed by atoms with Gasteiger partial charge in [0.05, 0.1) is 5.69 Å². The monoisotopic (exact) mass is 562 g/mol. The van der Waals surface area contributed by atoms with Crippen molar-refractivity contribution in [2.24, 2.45) is 11.1 Å². The summed E-state index contributed by atoms with van der Waals surface area (Å²) in [7, 11) is -2.80. The first-order chi connectivity index (χ1) is 19.2. The summed E-state index contributed by atoms with van der Waals surface area (Å²) in [6.07, 6.45) is 2.19. The summed E-state index contributed by atoms with van der Waals surface area (Å²) in [4.78, 5) is 35.3. The Balaban J connectivity index is 1.34. The Hall–Kier alpha value is -5.04. The highest BCUT2D eigenvalue weighted by Gasteiger charge is 2.57. The van der Waals surface area contributed by atoms with E-state index in [-0.39, 0.29) is 11.8 Å². The van der Waals surface area contributed by atoms with Gasteiger partial charge in [-0.25, -0.2) is 17.8 Å². The van der Waals surface area contributed by atoms with Crippen molar-refractivity contribution in [3.63, 3.8) is 0 Å². The zero-order valence-electron chi connectivity index (χ0n) is 20.8. The second-order valence-electron chi connectivity index (χ2n) is 8.95. The molecule has 4 aromatic rings. The molecule has 3 aromatic carbocycles. The normalized spacial score (nSPS) is 13.3. The van der Waals surface area contributed by atoms with Crippen LogP contribution in [0.4, 0.5) is 33.1 Å².